The number of aliphatic imine (C=N–C) groups is 2. The molecule has 0 fully saturated rings. The number of aromatic nitrogens is 2. The highest BCUT2D eigenvalue weighted by Crippen LogP contribution is 2.28. The lowest BCUT2D eigenvalue weighted by atomic mass is 9.88. The van der Waals surface area contributed by atoms with Gasteiger partial charge in [0.05, 0.1) is 12.1 Å². The van der Waals surface area contributed by atoms with Crippen molar-refractivity contribution in [2.45, 2.75) is 53.6 Å². The van der Waals surface area contributed by atoms with E-state index in [0.29, 0.717) is 36.4 Å². The number of hydrogen-bond acceptors (Lipinski definition) is 6. The first kappa shape index (κ1) is 16.9. The predicted molar refractivity (Wildman–Crippen MR) is 93.5 cm³/mol. The second kappa shape index (κ2) is 5.83. The summed E-state index contributed by atoms with van der Waals surface area (Å²) in [6.45, 7) is 14.1. The molecule has 0 aliphatic carbocycles. The van der Waals surface area contributed by atoms with Crippen molar-refractivity contribution in [3.63, 3.8) is 0 Å². The van der Waals surface area contributed by atoms with Crippen LogP contribution in [0.2, 0.25) is 0 Å². The molecule has 0 amide bonds. The summed E-state index contributed by atoms with van der Waals surface area (Å²) in [6.07, 6.45) is 1.51. The van der Waals surface area contributed by atoms with Gasteiger partial charge >= 0.3 is 0 Å². The Hall–Kier alpha value is -1.98. The van der Waals surface area contributed by atoms with Gasteiger partial charge in [-0.3, -0.25) is 0 Å². The van der Waals surface area contributed by atoms with Crippen molar-refractivity contribution in [2.24, 2.45) is 20.8 Å². The van der Waals surface area contributed by atoms with Crippen molar-refractivity contribution in [2.75, 3.05) is 13.2 Å². The van der Waals surface area contributed by atoms with E-state index in [1.165, 1.54) is 6.33 Å². The van der Waals surface area contributed by atoms with Crippen LogP contribution in [0, 0.1) is 10.8 Å². The van der Waals surface area contributed by atoms with Gasteiger partial charge in [-0.2, -0.15) is 0 Å². The van der Waals surface area contributed by atoms with E-state index < -0.39 is 0 Å². The third kappa shape index (κ3) is 3.42. The molecular weight excluding hydrogens is 304 g/mol. The van der Waals surface area contributed by atoms with Crippen molar-refractivity contribution < 1.29 is 9.47 Å². The van der Waals surface area contributed by atoms with Crippen molar-refractivity contribution in [1.29, 1.82) is 0 Å². The minimum absolute atomic E-state index is 0.0657. The van der Waals surface area contributed by atoms with Gasteiger partial charge in [-0.15, -0.1) is 0 Å². The van der Waals surface area contributed by atoms with Gasteiger partial charge in [-0.1, -0.05) is 41.5 Å². The Bertz CT molecular complexity index is 628. The highest BCUT2D eigenvalue weighted by Gasteiger charge is 2.33. The second-order valence-corrected chi connectivity index (χ2v) is 8.54. The van der Waals surface area contributed by atoms with Crippen molar-refractivity contribution in [3.8, 4) is 0 Å². The summed E-state index contributed by atoms with van der Waals surface area (Å²) in [5.74, 6) is 1.15. The second-order valence-electron chi connectivity index (χ2n) is 8.54. The quantitative estimate of drug-likeness (QED) is 0.836. The molecule has 24 heavy (non-hydrogen) atoms. The van der Waals surface area contributed by atoms with Crippen molar-refractivity contribution in [1.82, 2.24) is 9.97 Å². The van der Waals surface area contributed by atoms with Crippen LogP contribution in [0.4, 0.5) is 0 Å². The Morgan fingerprint density at radius 1 is 0.792 bits per heavy atom. The molecule has 2 aliphatic rings. The summed E-state index contributed by atoms with van der Waals surface area (Å²) >= 11 is 0. The van der Waals surface area contributed by atoms with E-state index in [1.54, 1.807) is 0 Å². The van der Waals surface area contributed by atoms with Gasteiger partial charge in [-0.25, -0.2) is 20.0 Å². The van der Waals surface area contributed by atoms with E-state index in [-0.39, 0.29) is 22.9 Å². The fourth-order valence-electron chi connectivity index (χ4n) is 2.51. The van der Waals surface area contributed by atoms with Crippen LogP contribution in [0.15, 0.2) is 22.4 Å². The minimum atomic E-state index is 0.0657. The molecule has 6 nitrogen and oxygen atoms in total. The Kier molecular flexibility index (Phi) is 4.10. The standard InChI is InChI=1S/C18H26N4O2/c1-17(2,3)13-8-23-15(21-13)11-7-12(20-10-19-11)16-22-14(9-24-16)18(4,5)6/h7,10,13-14H,8-9H2,1-6H3/t13-,14-/m0/s1. The summed E-state index contributed by atoms with van der Waals surface area (Å²) < 4.78 is 11.5. The van der Waals surface area contributed by atoms with Crippen LogP contribution in [-0.4, -0.2) is 47.1 Å². The SMILES string of the molecule is CC(C)(C)[C@@H]1COC(c2cc(C3=N[C@H](C(C)(C)C)CO3)ncn2)=N1. The molecule has 0 spiro atoms. The lowest BCUT2D eigenvalue weighted by Gasteiger charge is -2.21. The normalized spacial score (nSPS) is 24.2. The molecule has 0 unspecified atom stereocenters. The van der Waals surface area contributed by atoms with Crippen molar-refractivity contribution in [3.05, 3.63) is 23.8 Å². The van der Waals surface area contributed by atoms with Crippen LogP contribution in [0.25, 0.3) is 0 Å². The van der Waals surface area contributed by atoms with E-state index in [2.05, 4.69) is 61.5 Å². The summed E-state index contributed by atoms with van der Waals surface area (Å²) in [6, 6.07) is 2.11. The maximum atomic E-state index is 5.75. The molecule has 0 saturated carbocycles. The smallest absolute Gasteiger partial charge is 0.235 e. The minimum Gasteiger partial charge on any atom is -0.474 e. The van der Waals surface area contributed by atoms with Gasteiger partial charge in [0.15, 0.2) is 0 Å². The van der Waals surface area contributed by atoms with Gasteiger partial charge in [0.25, 0.3) is 0 Å². The molecule has 2 atom stereocenters. The maximum Gasteiger partial charge on any atom is 0.235 e. The van der Waals surface area contributed by atoms with E-state index in [1.807, 2.05) is 6.07 Å². The van der Waals surface area contributed by atoms with Crippen LogP contribution >= 0.6 is 0 Å². The summed E-state index contributed by atoms with van der Waals surface area (Å²) in [5.41, 5.74) is 1.49. The largest absolute Gasteiger partial charge is 0.474 e. The highest BCUT2D eigenvalue weighted by molar-refractivity contribution is 5.98. The van der Waals surface area contributed by atoms with Crippen LogP contribution < -0.4 is 0 Å². The Morgan fingerprint density at radius 2 is 1.21 bits per heavy atom. The van der Waals surface area contributed by atoms with Gasteiger partial charge in [0.2, 0.25) is 11.8 Å². The third-order valence-corrected chi connectivity index (χ3v) is 4.41. The van der Waals surface area contributed by atoms with Crippen LogP contribution in [0.5, 0.6) is 0 Å². The molecular formula is C18H26N4O2. The average Bonchev–Trinajstić information content (AvgIpc) is 3.16. The van der Waals surface area contributed by atoms with Crippen molar-refractivity contribution >= 4 is 11.8 Å². The Morgan fingerprint density at radius 3 is 1.54 bits per heavy atom. The molecule has 2 aliphatic heterocycles. The molecule has 0 aromatic carbocycles. The molecule has 1 aromatic rings. The molecule has 0 saturated heterocycles. The number of rotatable bonds is 2. The first-order valence-electron chi connectivity index (χ1n) is 8.38. The molecule has 6 heteroatoms. The zero-order valence-corrected chi connectivity index (χ0v) is 15.3. The molecule has 130 valence electrons. The van der Waals surface area contributed by atoms with E-state index in [0.717, 1.165) is 0 Å². The summed E-state index contributed by atoms with van der Waals surface area (Å²) in [4.78, 5) is 17.9. The van der Waals surface area contributed by atoms with Crippen LogP contribution in [-0.2, 0) is 9.47 Å². The van der Waals surface area contributed by atoms with Gasteiger partial charge in [-0.05, 0) is 10.8 Å². The average molecular weight is 330 g/mol. The maximum absolute atomic E-state index is 5.75. The van der Waals surface area contributed by atoms with E-state index >= 15 is 0 Å². The lowest BCUT2D eigenvalue weighted by Crippen LogP contribution is -2.25. The van der Waals surface area contributed by atoms with Gasteiger partial charge in [0, 0.05) is 6.07 Å². The lowest BCUT2D eigenvalue weighted by molar-refractivity contribution is 0.235. The molecule has 0 bridgehead atoms. The zero-order valence-electron chi connectivity index (χ0n) is 15.3. The number of hydrogen-bond donors (Lipinski definition) is 0. The molecule has 0 radical (unpaired) electrons. The van der Waals surface area contributed by atoms with Gasteiger partial charge < -0.3 is 9.47 Å². The fraction of sp³-hybridized carbons (Fsp3) is 0.667. The van der Waals surface area contributed by atoms with E-state index in [4.69, 9.17) is 9.47 Å². The first-order chi connectivity index (χ1) is 11.1. The van der Waals surface area contributed by atoms with Crippen LogP contribution in [0.1, 0.15) is 52.9 Å². The summed E-state index contributed by atoms with van der Waals surface area (Å²) in [5, 5.41) is 0. The summed E-state index contributed by atoms with van der Waals surface area (Å²) in [7, 11) is 0. The monoisotopic (exact) mass is 330 g/mol. The zero-order chi connectivity index (χ0) is 17.5. The Balaban J connectivity index is 1.84. The fourth-order valence-corrected chi connectivity index (χ4v) is 2.51. The third-order valence-electron chi connectivity index (χ3n) is 4.41. The topological polar surface area (TPSA) is 69.0 Å². The highest BCUT2D eigenvalue weighted by atomic mass is 16.5. The van der Waals surface area contributed by atoms with E-state index in [9.17, 15) is 0 Å². The molecule has 3 rings (SSSR count). The van der Waals surface area contributed by atoms with Crippen LogP contribution in [0.3, 0.4) is 0 Å². The number of nitrogens with zero attached hydrogens (tertiary/aromatic N) is 4. The molecule has 3 heterocycles. The predicted octanol–water partition coefficient (Wildman–Crippen LogP) is 2.86. The molecule has 1 aromatic heterocycles. The first-order valence-corrected chi connectivity index (χ1v) is 8.38. The molecule has 0 N–H and O–H groups in total. The number of ether oxygens (including phenoxy) is 2. The Labute approximate surface area is 143 Å². The van der Waals surface area contributed by atoms with Gasteiger partial charge in [0.1, 0.15) is 30.9 Å².